The summed E-state index contributed by atoms with van der Waals surface area (Å²) in [6, 6.07) is 1.51. The van der Waals surface area contributed by atoms with Crippen molar-refractivity contribution in [3.8, 4) is 0 Å². The Morgan fingerprint density at radius 1 is 1.60 bits per heavy atom. The van der Waals surface area contributed by atoms with E-state index in [1.54, 1.807) is 0 Å². The molecule has 0 bridgehead atoms. The van der Waals surface area contributed by atoms with E-state index >= 15 is 0 Å². The fourth-order valence-electron chi connectivity index (χ4n) is 0.988. The molecule has 1 aliphatic rings. The van der Waals surface area contributed by atoms with Crippen molar-refractivity contribution < 1.29 is 4.52 Å². The van der Waals surface area contributed by atoms with E-state index < -0.39 is 0 Å². The molecule has 0 radical (unpaired) electrons. The molecule has 1 aliphatic heterocycles. The van der Waals surface area contributed by atoms with E-state index in [4.69, 9.17) is 4.52 Å². The Balaban J connectivity index is 2.25. The molecule has 2 rings (SSSR count). The van der Waals surface area contributed by atoms with Gasteiger partial charge in [0, 0.05) is 25.1 Å². The fourth-order valence-corrected chi connectivity index (χ4v) is 0.988. The summed E-state index contributed by atoms with van der Waals surface area (Å²) in [5.74, 6) is 1.17. The fraction of sp³-hybridized carbons (Fsp3) is 0.500. The van der Waals surface area contributed by atoms with Crippen LogP contribution in [0.15, 0.2) is 15.4 Å². The van der Waals surface area contributed by atoms with Crippen LogP contribution in [-0.4, -0.2) is 18.2 Å². The Morgan fingerprint density at radius 3 is 2.80 bits per heavy atom. The molecule has 0 atom stereocenters. The van der Waals surface area contributed by atoms with Crippen LogP contribution in [0.4, 0.5) is 0 Å². The molecule has 4 nitrogen and oxygen atoms in total. The average Bonchev–Trinajstić information content (AvgIpc) is 2.10. The first kappa shape index (κ1) is 5.73. The minimum Gasteiger partial charge on any atom is -0.383 e. The van der Waals surface area contributed by atoms with Gasteiger partial charge in [-0.1, -0.05) is 0 Å². The zero-order valence-corrected chi connectivity index (χ0v) is 5.39. The summed E-state index contributed by atoms with van der Waals surface area (Å²) in [5, 5.41) is 5.35. The van der Waals surface area contributed by atoms with Crippen LogP contribution < -0.4 is 10.9 Å². The van der Waals surface area contributed by atoms with Gasteiger partial charge in [0.25, 0.3) is 5.56 Å². The van der Waals surface area contributed by atoms with E-state index in [0.29, 0.717) is 5.92 Å². The van der Waals surface area contributed by atoms with Gasteiger partial charge in [-0.25, -0.2) is 0 Å². The van der Waals surface area contributed by atoms with Crippen LogP contribution in [0, 0.1) is 0 Å². The Morgan fingerprint density at radius 2 is 2.40 bits per heavy atom. The first-order chi connectivity index (χ1) is 4.86. The van der Waals surface area contributed by atoms with Gasteiger partial charge >= 0.3 is 0 Å². The molecule has 1 aromatic rings. The van der Waals surface area contributed by atoms with Gasteiger partial charge in [0.2, 0.25) is 0 Å². The minimum absolute atomic E-state index is 0.151. The Bertz CT molecular complexity index is 271. The Hall–Kier alpha value is -1.03. The molecule has 0 unspecified atom stereocenters. The van der Waals surface area contributed by atoms with Crippen molar-refractivity contribution in [3.63, 3.8) is 0 Å². The second-order valence-corrected chi connectivity index (χ2v) is 2.47. The summed E-state index contributed by atoms with van der Waals surface area (Å²) in [6.07, 6.45) is 0. The molecule has 2 N–H and O–H groups in total. The van der Waals surface area contributed by atoms with Gasteiger partial charge in [-0.15, -0.1) is 0 Å². The zero-order valence-electron chi connectivity index (χ0n) is 5.39. The van der Waals surface area contributed by atoms with Crippen molar-refractivity contribution in [2.45, 2.75) is 5.92 Å². The summed E-state index contributed by atoms with van der Waals surface area (Å²) >= 11 is 0. The quantitative estimate of drug-likeness (QED) is 0.560. The molecular weight excluding hydrogens is 132 g/mol. The van der Waals surface area contributed by atoms with Gasteiger partial charge < -0.3 is 9.84 Å². The Kier molecular flexibility index (Phi) is 1.14. The number of hydrogen-bond donors (Lipinski definition) is 2. The summed E-state index contributed by atoms with van der Waals surface area (Å²) in [4.78, 5) is 10.6. The smallest absolute Gasteiger partial charge is 0.280 e. The highest BCUT2D eigenvalue weighted by Gasteiger charge is 2.22. The molecule has 54 valence electrons. The maximum Gasteiger partial charge on any atom is 0.280 e. The molecule has 0 amide bonds. The van der Waals surface area contributed by atoms with E-state index in [2.05, 4.69) is 10.5 Å². The second-order valence-electron chi connectivity index (χ2n) is 2.47. The highest BCUT2D eigenvalue weighted by molar-refractivity contribution is 5.07. The third kappa shape index (κ3) is 0.769. The van der Waals surface area contributed by atoms with Crippen molar-refractivity contribution in [3.05, 3.63) is 22.2 Å². The maximum absolute atomic E-state index is 10.6. The molecule has 0 spiro atoms. The van der Waals surface area contributed by atoms with Gasteiger partial charge in [-0.3, -0.25) is 4.79 Å². The van der Waals surface area contributed by atoms with Crippen molar-refractivity contribution in [2.24, 2.45) is 0 Å². The third-order valence-electron chi connectivity index (χ3n) is 1.73. The number of H-pyrrole nitrogens is 1. The average molecular weight is 140 g/mol. The predicted octanol–water partition coefficient (Wildman–Crippen LogP) is -0.345. The topological polar surface area (TPSA) is 58.0 Å². The standard InChI is InChI=1S/C6H8N2O2/c9-6-1-5(10-8-6)4-2-7-3-4/h1,4,7H,2-3H2,(H,8,9). The van der Waals surface area contributed by atoms with Gasteiger partial charge in [0.15, 0.2) is 0 Å². The molecule has 1 fully saturated rings. The SMILES string of the molecule is O=c1cc(C2CNC2)o[nH]1. The largest absolute Gasteiger partial charge is 0.383 e. The highest BCUT2D eigenvalue weighted by atomic mass is 16.5. The summed E-state index contributed by atoms with van der Waals surface area (Å²) < 4.78 is 4.89. The lowest BCUT2D eigenvalue weighted by Crippen LogP contribution is -2.39. The number of rotatable bonds is 1. The first-order valence-corrected chi connectivity index (χ1v) is 3.25. The molecule has 0 aromatic carbocycles. The first-order valence-electron chi connectivity index (χ1n) is 3.25. The molecule has 0 saturated carbocycles. The highest BCUT2D eigenvalue weighted by Crippen LogP contribution is 2.16. The molecular formula is C6H8N2O2. The van der Waals surface area contributed by atoms with Crippen LogP contribution in [0.2, 0.25) is 0 Å². The lowest BCUT2D eigenvalue weighted by atomic mass is 10.0. The lowest BCUT2D eigenvalue weighted by molar-refractivity contribution is 0.313. The molecule has 2 heterocycles. The van der Waals surface area contributed by atoms with E-state index in [0.717, 1.165) is 18.8 Å². The van der Waals surface area contributed by atoms with E-state index in [1.807, 2.05) is 0 Å². The van der Waals surface area contributed by atoms with Gasteiger partial charge in [0.05, 0.1) is 0 Å². The van der Waals surface area contributed by atoms with Crippen molar-refractivity contribution >= 4 is 0 Å². The van der Waals surface area contributed by atoms with Crippen LogP contribution in [-0.2, 0) is 0 Å². The van der Waals surface area contributed by atoms with Crippen LogP contribution in [0.5, 0.6) is 0 Å². The van der Waals surface area contributed by atoms with Gasteiger partial charge in [0.1, 0.15) is 5.76 Å². The molecule has 4 heteroatoms. The minimum atomic E-state index is -0.151. The summed E-state index contributed by atoms with van der Waals surface area (Å²) in [6.45, 7) is 1.83. The maximum atomic E-state index is 10.6. The van der Waals surface area contributed by atoms with Crippen molar-refractivity contribution in [1.29, 1.82) is 0 Å². The zero-order chi connectivity index (χ0) is 6.97. The van der Waals surface area contributed by atoms with Crippen LogP contribution in [0.3, 0.4) is 0 Å². The lowest BCUT2D eigenvalue weighted by Gasteiger charge is -2.23. The second kappa shape index (κ2) is 1.98. The monoisotopic (exact) mass is 140 g/mol. The van der Waals surface area contributed by atoms with Gasteiger partial charge in [-0.05, 0) is 0 Å². The van der Waals surface area contributed by atoms with E-state index in [-0.39, 0.29) is 5.56 Å². The number of nitrogens with one attached hydrogen (secondary N) is 2. The van der Waals surface area contributed by atoms with E-state index in [1.165, 1.54) is 6.07 Å². The molecule has 10 heavy (non-hydrogen) atoms. The molecule has 1 saturated heterocycles. The Labute approximate surface area is 57.2 Å². The normalized spacial score (nSPS) is 18.8. The number of aromatic nitrogens is 1. The van der Waals surface area contributed by atoms with Crippen LogP contribution in [0.25, 0.3) is 0 Å². The summed E-state index contributed by atoms with van der Waals surface area (Å²) in [7, 11) is 0. The van der Waals surface area contributed by atoms with E-state index in [9.17, 15) is 4.79 Å². The number of hydrogen-bond acceptors (Lipinski definition) is 3. The van der Waals surface area contributed by atoms with Gasteiger partial charge in [-0.2, -0.15) is 5.16 Å². The van der Waals surface area contributed by atoms with Crippen molar-refractivity contribution in [2.75, 3.05) is 13.1 Å². The predicted molar refractivity (Wildman–Crippen MR) is 34.9 cm³/mol. The van der Waals surface area contributed by atoms with Crippen molar-refractivity contribution in [1.82, 2.24) is 10.5 Å². The third-order valence-corrected chi connectivity index (χ3v) is 1.73. The number of aromatic amines is 1. The van der Waals surface area contributed by atoms with Crippen LogP contribution in [0.1, 0.15) is 11.7 Å². The van der Waals surface area contributed by atoms with Crippen LogP contribution >= 0.6 is 0 Å². The summed E-state index contributed by atoms with van der Waals surface area (Å²) in [5.41, 5.74) is -0.151. The molecule has 0 aliphatic carbocycles. The molecule has 1 aromatic heterocycles.